The van der Waals surface area contributed by atoms with Crippen LogP contribution in [0, 0.1) is 6.92 Å². The molecule has 2 aromatic carbocycles. The summed E-state index contributed by atoms with van der Waals surface area (Å²) in [5.74, 6) is 0.897. The van der Waals surface area contributed by atoms with Gasteiger partial charge >= 0.3 is 0 Å². The zero-order valence-corrected chi connectivity index (χ0v) is 14.7. The summed E-state index contributed by atoms with van der Waals surface area (Å²) in [5.41, 5.74) is 3.19. The Morgan fingerprint density at radius 2 is 2.00 bits per heavy atom. The maximum Gasteiger partial charge on any atom is 0.238 e. The Morgan fingerprint density at radius 3 is 2.71 bits per heavy atom. The number of hydrogen-bond acceptors (Lipinski definition) is 4. The Kier molecular flexibility index (Phi) is 4.51. The zero-order chi connectivity index (χ0) is 17.3. The molecule has 2 N–H and O–H groups in total. The predicted molar refractivity (Wildman–Crippen MR) is 95.0 cm³/mol. The summed E-state index contributed by atoms with van der Waals surface area (Å²) in [6, 6.07) is 13.3. The lowest BCUT2D eigenvalue weighted by atomic mass is 10.1. The summed E-state index contributed by atoms with van der Waals surface area (Å²) < 4.78 is 28.9. The number of anilines is 1. The van der Waals surface area contributed by atoms with Crippen LogP contribution < -0.4 is 14.8 Å². The van der Waals surface area contributed by atoms with Gasteiger partial charge in [0.25, 0.3) is 0 Å². The lowest BCUT2D eigenvalue weighted by Crippen LogP contribution is -2.33. The maximum atomic E-state index is 11.5. The van der Waals surface area contributed by atoms with E-state index in [1.54, 1.807) is 12.1 Å². The van der Waals surface area contributed by atoms with Gasteiger partial charge in [-0.3, -0.25) is 0 Å². The van der Waals surface area contributed by atoms with Crippen molar-refractivity contribution in [2.75, 3.05) is 18.1 Å². The summed E-state index contributed by atoms with van der Waals surface area (Å²) >= 11 is 0. The first-order chi connectivity index (χ1) is 11.4. The van der Waals surface area contributed by atoms with Crippen LogP contribution in [0.2, 0.25) is 0 Å². The van der Waals surface area contributed by atoms with Crippen LogP contribution in [0.4, 0.5) is 5.69 Å². The van der Waals surface area contributed by atoms with E-state index in [4.69, 9.17) is 9.88 Å². The van der Waals surface area contributed by atoms with Crippen LogP contribution in [0.5, 0.6) is 5.75 Å². The third-order valence-corrected chi connectivity index (χ3v) is 5.33. The molecule has 128 valence electrons. The Balaban J connectivity index is 1.71. The lowest BCUT2D eigenvalue weighted by molar-refractivity contribution is 0.319. The standard InChI is InChI=1S/C18H22N2O3S/c1-13-5-3-4-6-18(13)23-10-9-20-14(2)11-15-12-16(24(19,21)22)7-8-17(15)20/h3-8,12,14H,9-11H2,1-2H3,(H2,19,21,22). The quantitative estimate of drug-likeness (QED) is 0.903. The highest BCUT2D eigenvalue weighted by Gasteiger charge is 2.27. The molecular weight excluding hydrogens is 324 g/mol. The monoisotopic (exact) mass is 346 g/mol. The number of primary sulfonamides is 1. The minimum atomic E-state index is -3.66. The Bertz CT molecular complexity index is 849. The van der Waals surface area contributed by atoms with Crippen molar-refractivity contribution in [1.29, 1.82) is 0 Å². The van der Waals surface area contributed by atoms with Crippen LogP contribution in [0.1, 0.15) is 18.1 Å². The fraction of sp³-hybridized carbons (Fsp3) is 0.333. The average Bonchev–Trinajstić information content (AvgIpc) is 2.83. The summed E-state index contributed by atoms with van der Waals surface area (Å²) in [5, 5.41) is 5.22. The average molecular weight is 346 g/mol. The molecule has 3 rings (SSSR count). The smallest absolute Gasteiger partial charge is 0.238 e. The second-order valence-electron chi connectivity index (χ2n) is 6.20. The number of benzene rings is 2. The van der Waals surface area contributed by atoms with E-state index in [9.17, 15) is 8.42 Å². The molecule has 5 nitrogen and oxygen atoms in total. The second-order valence-corrected chi connectivity index (χ2v) is 7.76. The number of fused-ring (bicyclic) bond motifs is 1. The van der Waals surface area contributed by atoms with Gasteiger partial charge in [0.2, 0.25) is 10.0 Å². The largest absolute Gasteiger partial charge is 0.491 e. The van der Waals surface area contributed by atoms with E-state index in [-0.39, 0.29) is 4.90 Å². The van der Waals surface area contributed by atoms with Gasteiger partial charge in [-0.05, 0) is 55.7 Å². The molecule has 0 amide bonds. The molecule has 24 heavy (non-hydrogen) atoms. The molecule has 0 saturated heterocycles. The molecule has 2 aromatic rings. The third kappa shape index (κ3) is 3.39. The van der Waals surface area contributed by atoms with E-state index in [0.29, 0.717) is 12.6 Å². The number of rotatable bonds is 5. The molecule has 0 aromatic heterocycles. The molecule has 1 atom stereocenters. The first-order valence-electron chi connectivity index (χ1n) is 7.97. The van der Waals surface area contributed by atoms with Crippen molar-refractivity contribution in [1.82, 2.24) is 0 Å². The molecule has 1 heterocycles. The lowest BCUT2D eigenvalue weighted by Gasteiger charge is -2.25. The van der Waals surface area contributed by atoms with E-state index in [2.05, 4.69) is 11.8 Å². The van der Waals surface area contributed by atoms with Gasteiger partial charge in [0.15, 0.2) is 0 Å². The summed E-state index contributed by atoms with van der Waals surface area (Å²) in [7, 11) is -3.66. The van der Waals surface area contributed by atoms with Crippen molar-refractivity contribution in [3.8, 4) is 5.75 Å². The molecule has 0 aliphatic carbocycles. The number of hydrogen-bond donors (Lipinski definition) is 1. The third-order valence-electron chi connectivity index (χ3n) is 4.42. The number of ether oxygens (including phenoxy) is 1. The number of nitrogens with two attached hydrogens (primary N) is 1. The molecule has 6 heteroatoms. The van der Waals surface area contributed by atoms with E-state index in [1.807, 2.05) is 37.3 Å². The van der Waals surface area contributed by atoms with E-state index in [0.717, 1.165) is 35.5 Å². The Labute approximate surface area is 143 Å². The van der Waals surface area contributed by atoms with Crippen LogP contribution in [-0.4, -0.2) is 27.6 Å². The molecular formula is C18H22N2O3S. The molecule has 0 bridgehead atoms. The van der Waals surface area contributed by atoms with Gasteiger partial charge in [-0.25, -0.2) is 13.6 Å². The number of aryl methyl sites for hydroxylation is 1. The van der Waals surface area contributed by atoms with Crippen molar-refractivity contribution in [3.63, 3.8) is 0 Å². The normalized spacial score (nSPS) is 17.0. The first kappa shape index (κ1) is 16.8. The van der Waals surface area contributed by atoms with E-state index >= 15 is 0 Å². The molecule has 1 aliphatic rings. The minimum Gasteiger partial charge on any atom is -0.491 e. The Morgan fingerprint density at radius 1 is 1.25 bits per heavy atom. The molecule has 1 unspecified atom stereocenters. The van der Waals surface area contributed by atoms with Crippen LogP contribution in [-0.2, 0) is 16.4 Å². The summed E-state index contributed by atoms with van der Waals surface area (Å²) in [6.45, 7) is 5.48. The molecule has 0 spiro atoms. The number of para-hydroxylation sites is 1. The number of nitrogens with zero attached hydrogens (tertiary/aromatic N) is 1. The second kappa shape index (κ2) is 6.45. The SMILES string of the molecule is Cc1ccccc1OCCN1c2ccc(S(N)(=O)=O)cc2CC1C. The van der Waals surface area contributed by atoms with E-state index < -0.39 is 10.0 Å². The predicted octanol–water partition coefficient (Wildman–Crippen LogP) is 2.47. The maximum absolute atomic E-state index is 11.5. The zero-order valence-electron chi connectivity index (χ0n) is 13.9. The van der Waals surface area contributed by atoms with Crippen LogP contribution >= 0.6 is 0 Å². The highest BCUT2D eigenvalue weighted by Crippen LogP contribution is 2.33. The highest BCUT2D eigenvalue weighted by atomic mass is 32.2. The molecule has 1 aliphatic heterocycles. The summed E-state index contributed by atoms with van der Waals surface area (Å²) in [6.07, 6.45) is 0.809. The number of sulfonamides is 1. The van der Waals surface area contributed by atoms with Crippen LogP contribution in [0.15, 0.2) is 47.4 Å². The molecule has 0 fully saturated rings. The van der Waals surface area contributed by atoms with Crippen molar-refractivity contribution in [2.45, 2.75) is 31.2 Å². The fourth-order valence-electron chi connectivity index (χ4n) is 3.16. The van der Waals surface area contributed by atoms with Crippen LogP contribution in [0.3, 0.4) is 0 Å². The van der Waals surface area contributed by atoms with E-state index in [1.165, 1.54) is 0 Å². The summed E-state index contributed by atoms with van der Waals surface area (Å²) in [4.78, 5) is 2.42. The van der Waals surface area contributed by atoms with Gasteiger partial charge in [-0.15, -0.1) is 0 Å². The van der Waals surface area contributed by atoms with Crippen molar-refractivity contribution < 1.29 is 13.2 Å². The van der Waals surface area contributed by atoms with Gasteiger partial charge in [0.1, 0.15) is 12.4 Å². The van der Waals surface area contributed by atoms with Crippen molar-refractivity contribution >= 4 is 15.7 Å². The van der Waals surface area contributed by atoms with Crippen molar-refractivity contribution in [2.24, 2.45) is 5.14 Å². The van der Waals surface area contributed by atoms with Gasteiger partial charge in [-0.1, -0.05) is 18.2 Å². The van der Waals surface area contributed by atoms with Gasteiger partial charge < -0.3 is 9.64 Å². The van der Waals surface area contributed by atoms with Gasteiger partial charge in [-0.2, -0.15) is 0 Å². The highest BCUT2D eigenvalue weighted by molar-refractivity contribution is 7.89. The fourth-order valence-corrected chi connectivity index (χ4v) is 3.73. The topological polar surface area (TPSA) is 72.6 Å². The van der Waals surface area contributed by atoms with Crippen molar-refractivity contribution in [3.05, 3.63) is 53.6 Å². The first-order valence-corrected chi connectivity index (χ1v) is 9.51. The minimum absolute atomic E-state index is 0.173. The molecule has 0 radical (unpaired) electrons. The molecule has 0 saturated carbocycles. The van der Waals surface area contributed by atoms with Gasteiger partial charge in [0, 0.05) is 11.7 Å². The van der Waals surface area contributed by atoms with Gasteiger partial charge in [0.05, 0.1) is 11.4 Å². The Hall–Kier alpha value is -2.05. The van der Waals surface area contributed by atoms with Crippen LogP contribution in [0.25, 0.3) is 0 Å².